The van der Waals surface area contributed by atoms with Crippen molar-refractivity contribution >= 4 is 62.2 Å². The van der Waals surface area contributed by atoms with Gasteiger partial charge in [-0.3, -0.25) is 9.59 Å². The van der Waals surface area contributed by atoms with Crippen molar-refractivity contribution in [2.24, 2.45) is 11.8 Å². The summed E-state index contributed by atoms with van der Waals surface area (Å²) < 4.78 is 127. The van der Waals surface area contributed by atoms with Crippen LogP contribution in [0.1, 0.15) is 35.6 Å². The molecule has 2 fully saturated rings. The highest BCUT2D eigenvalue weighted by Crippen LogP contribution is 2.34. The van der Waals surface area contributed by atoms with Crippen molar-refractivity contribution in [2.45, 2.75) is 37.1 Å². The Hall–Kier alpha value is -3.98. The van der Waals surface area contributed by atoms with Crippen molar-refractivity contribution in [3.63, 3.8) is 0 Å². The van der Waals surface area contributed by atoms with E-state index in [-0.39, 0.29) is 69.5 Å². The number of alkyl halides is 7. The van der Waals surface area contributed by atoms with Gasteiger partial charge in [-0.15, -0.1) is 0 Å². The summed E-state index contributed by atoms with van der Waals surface area (Å²) in [5.74, 6) is -1.73. The van der Waals surface area contributed by atoms with Crippen LogP contribution in [0.4, 0.5) is 43.9 Å². The van der Waals surface area contributed by atoms with Crippen LogP contribution in [0.2, 0.25) is 10.3 Å². The van der Waals surface area contributed by atoms with Gasteiger partial charge < -0.3 is 10.2 Å². The van der Waals surface area contributed by atoms with E-state index in [9.17, 15) is 53.5 Å². The van der Waals surface area contributed by atoms with E-state index in [0.717, 1.165) is 20.0 Å². The summed E-state index contributed by atoms with van der Waals surface area (Å²) in [6.07, 6.45) is -11.4. The molecule has 0 bridgehead atoms. The number of halogens is 13. The Morgan fingerprint density at radius 1 is 0.804 bits per heavy atom. The molecule has 2 atom stereocenters. The van der Waals surface area contributed by atoms with E-state index in [1.807, 2.05) is 0 Å². The molecular formula is C28H21BrCl2F10N8O2. The second-order valence-corrected chi connectivity index (χ2v) is 12.1. The molecular weight excluding hydrogens is 821 g/mol. The van der Waals surface area contributed by atoms with Crippen LogP contribution in [0.15, 0.2) is 48.6 Å². The van der Waals surface area contributed by atoms with E-state index in [4.69, 9.17) is 23.2 Å². The molecule has 2 aliphatic rings. The van der Waals surface area contributed by atoms with E-state index < -0.39 is 54.3 Å². The second kappa shape index (κ2) is 16.1. The SMILES string of the molecule is FC(F)(F)c1nc2ccc(Cl)nn2c1CBr.O=C1CC(C=C(F)F)CN1.O=C1CC(C=C(F)F)CN1Cc1c(C(F)(F)F)nc2ccc(Cl)nn12. The van der Waals surface area contributed by atoms with Gasteiger partial charge in [0.25, 0.3) is 12.2 Å². The molecule has 2 saturated heterocycles. The standard InChI is InChI=1S/C14H10ClF5N4O.C8H4BrClF3N3.C6H7F2NO/c15-9-1-2-11-21-13(14(18,19)20)8(24(11)22-9)6-23-5-7(3-10(16)17)4-12(23)25;9-3-4-7(8(11,12)13)14-6-2-1-5(10)15-16(4)6;7-5(8)1-4-2-6(10)9-3-4/h1-3,7H,4-6H2;1-2H,3H2;1,4H,2-3H2,(H,9,10). The number of rotatable bonds is 5. The number of carbonyl (C=O) groups excluding carboxylic acids is 2. The van der Waals surface area contributed by atoms with E-state index in [2.05, 4.69) is 41.4 Å². The van der Waals surface area contributed by atoms with E-state index in [1.165, 1.54) is 24.3 Å². The summed E-state index contributed by atoms with van der Waals surface area (Å²) in [5, 5.41) is 10.1. The minimum atomic E-state index is -4.76. The lowest BCUT2D eigenvalue weighted by molar-refractivity contribution is -0.142. The smallest absolute Gasteiger partial charge is 0.355 e. The summed E-state index contributed by atoms with van der Waals surface area (Å²) in [7, 11) is 0. The van der Waals surface area contributed by atoms with Crippen molar-refractivity contribution in [1.29, 1.82) is 0 Å². The monoisotopic (exact) mass is 840 g/mol. The van der Waals surface area contributed by atoms with Crippen molar-refractivity contribution in [1.82, 2.24) is 39.4 Å². The van der Waals surface area contributed by atoms with Gasteiger partial charge in [-0.05, 0) is 36.4 Å². The van der Waals surface area contributed by atoms with Crippen molar-refractivity contribution in [3.8, 4) is 0 Å². The zero-order valence-electron chi connectivity index (χ0n) is 25.2. The molecule has 10 nitrogen and oxygen atoms in total. The van der Waals surface area contributed by atoms with Crippen LogP contribution in [0.3, 0.4) is 0 Å². The predicted molar refractivity (Wildman–Crippen MR) is 164 cm³/mol. The molecule has 0 spiro atoms. The molecule has 0 aliphatic carbocycles. The van der Waals surface area contributed by atoms with Crippen LogP contribution < -0.4 is 5.32 Å². The maximum atomic E-state index is 13.3. The lowest BCUT2D eigenvalue weighted by atomic mass is 10.1. The second-order valence-electron chi connectivity index (χ2n) is 10.7. The Balaban J connectivity index is 0.000000191. The number of hydrogen-bond donors (Lipinski definition) is 1. The molecule has 0 saturated carbocycles. The molecule has 2 amide bonds. The number of hydrogen-bond acceptors (Lipinski definition) is 6. The topological polar surface area (TPSA) is 110 Å². The molecule has 6 heterocycles. The number of fused-ring (bicyclic) bond motifs is 2. The lowest BCUT2D eigenvalue weighted by Crippen LogP contribution is -2.27. The summed E-state index contributed by atoms with van der Waals surface area (Å²) in [4.78, 5) is 30.5. The number of nitrogens with zero attached hydrogens (tertiary/aromatic N) is 7. The number of carbonyl (C=O) groups is 2. The van der Waals surface area contributed by atoms with E-state index in [0.29, 0.717) is 12.6 Å². The number of imidazole rings is 2. The maximum Gasteiger partial charge on any atom is 0.435 e. The highest BCUT2D eigenvalue weighted by molar-refractivity contribution is 9.08. The lowest BCUT2D eigenvalue weighted by Gasteiger charge is -2.17. The number of aromatic nitrogens is 6. The average Bonchev–Trinajstić information content (AvgIpc) is 3.77. The van der Waals surface area contributed by atoms with E-state index >= 15 is 0 Å². The van der Waals surface area contributed by atoms with Gasteiger partial charge >= 0.3 is 12.4 Å². The third kappa shape index (κ3) is 10.3. The first-order chi connectivity index (χ1) is 23.8. The fourth-order valence-corrected chi connectivity index (χ4v) is 5.76. The Morgan fingerprint density at radius 2 is 1.29 bits per heavy atom. The van der Waals surface area contributed by atoms with Gasteiger partial charge in [-0.2, -0.15) is 54.1 Å². The quantitative estimate of drug-likeness (QED) is 0.163. The molecule has 276 valence electrons. The normalized spacial score (nSPS) is 17.5. The number of likely N-dealkylation sites (tertiary alicyclic amines) is 1. The number of amides is 2. The van der Waals surface area contributed by atoms with Crippen LogP contribution in [0.5, 0.6) is 0 Å². The predicted octanol–water partition coefficient (Wildman–Crippen LogP) is 7.73. The van der Waals surface area contributed by atoms with Crippen LogP contribution in [0, 0.1) is 11.8 Å². The van der Waals surface area contributed by atoms with Crippen LogP contribution in [-0.4, -0.2) is 59.0 Å². The third-order valence-corrected chi connectivity index (χ3v) is 7.99. The van der Waals surface area contributed by atoms with Crippen molar-refractivity contribution in [3.05, 3.63) is 81.7 Å². The molecule has 4 aromatic rings. The fourth-order valence-electron chi connectivity index (χ4n) is 4.98. The molecule has 2 unspecified atom stereocenters. The Kier molecular flexibility index (Phi) is 12.6. The Bertz CT molecular complexity index is 1970. The first-order valence-corrected chi connectivity index (χ1v) is 16.0. The van der Waals surface area contributed by atoms with Crippen LogP contribution >= 0.6 is 39.1 Å². The molecule has 2 aliphatic heterocycles. The zero-order valence-corrected chi connectivity index (χ0v) is 28.3. The van der Waals surface area contributed by atoms with Gasteiger partial charge in [0.15, 0.2) is 22.7 Å². The molecule has 23 heteroatoms. The number of nitrogens with one attached hydrogen (secondary N) is 1. The van der Waals surface area contributed by atoms with Crippen LogP contribution in [-0.2, 0) is 33.8 Å². The van der Waals surface area contributed by atoms with Gasteiger partial charge in [0.05, 0.1) is 17.9 Å². The first kappa shape index (κ1) is 39.8. The van der Waals surface area contributed by atoms with Gasteiger partial charge in [-0.25, -0.2) is 19.0 Å². The zero-order chi connectivity index (χ0) is 37.8. The molecule has 4 aromatic heterocycles. The largest absolute Gasteiger partial charge is 0.435 e. The molecule has 1 N–H and O–H groups in total. The maximum absolute atomic E-state index is 13.3. The minimum absolute atomic E-state index is 0.00362. The molecule has 51 heavy (non-hydrogen) atoms. The highest BCUT2D eigenvalue weighted by Gasteiger charge is 2.40. The Morgan fingerprint density at radius 3 is 1.75 bits per heavy atom. The van der Waals surface area contributed by atoms with Gasteiger partial charge in [-0.1, -0.05) is 39.1 Å². The molecule has 0 radical (unpaired) electrons. The third-order valence-electron chi connectivity index (χ3n) is 7.06. The minimum Gasteiger partial charge on any atom is -0.355 e. The highest BCUT2D eigenvalue weighted by atomic mass is 79.9. The average molecular weight is 842 g/mol. The first-order valence-electron chi connectivity index (χ1n) is 14.2. The summed E-state index contributed by atoms with van der Waals surface area (Å²) in [6.45, 7) is -0.224. The van der Waals surface area contributed by atoms with Gasteiger partial charge in [0.1, 0.15) is 10.3 Å². The summed E-state index contributed by atoms with van der Waals surface area (Å²) in [5.41, 5.74) is -2.53. The Labute approximate surface area is 298 Å². The van der Waals surface area contributed by atoms with Gasteiger partial charge in [0.2, 0.25) is 11.8 Å². The summed E-state index contributed by atoms with van der Waals surface area (Å²) in [6, 6.07) is 5.34. The van der Waals surface area contributed by atoms with Crippen molar-refractivity contribution in [2.75, 3.05) is 13.1 Å². The fraction of sp³-hybridized carbons (Fsp3) is 0.357. The van der Waals surface area contributed by atoms with Gasteiger partial charge in [0, 0.05) is 43.1 Å². The molecule has 0 aromatic carbocycles. The molecule has 6 rings (SSSR count). The van der Waals surface area contributed by atoms with Crippen LogP contribution in [0.25, 0.3) is 11.3 Å². The van der Waals surface area contributed by atoms with Crippen molar-refractivity contribution < 1.29 is 53.5 Å². The summed E-state index contributed by atoms with van der Waals surface area (Å²) >= 11 is 14.3. The van der Waals surface area contributed by atoms with E-state index in [1.54, 1.807) is 0 Å².